The number of carbonyl (C=O) groups is 1. The van der Waals surface area contributed by atoms with Crippen LogP contribution >= 0.6 is 11.8 Å². The fourth-order valence-corrected chi connectivity index (χ4v) is 1.84. The standard InChI is InChI=1S/C12H21N3O3S/c1-8(2)12-14-10(15-18-12)4-6-13-11(17)9(16)5-7-19-3/h8-9,16H,4-7H2,1-3H3,(H,13,17). The molecule has 1 heterocycles. The average molecular weight is 287 g/mol. The normalized spacial score (nSPS) is 12.7. The molecule has 108 valence electrons. The number of rotatable bonds is 8. The number of carbonyl (C=O) groups excluding carboxylic acids is 1. The number of aliphatic hydroxyl groups excluding tert-OH is 1. The topological polar surface area (TPSA) is 88.2 Å². The fraction of sp³-hybridized carbons (Fsp3) is 0.750. The summed E-state index contributed by atoms with van der Waals surface area (Å²) >= 11 is 1.60. The molecule has 0 saturated heterocycles. The van der Waals surface area contributed by atoms with Crippen LogP contribution in [0.2, 0.25) is 0 Å². The highest BCUT2D eigenvalue weighted by Gasteiger charge is 2.14. The number of nitrogens with one attached hydrogen (secondary N) is 1. The molecule has 1 rings (SSSR count). The van der Waals surface area contributed by atoms with E-state index in [4.69, 9.17) is 4.52 Å². The first kappa shape index (κ1) is 16.0. The highest BCUT2D eigenvalue weighted by molar-refractivity contribution is 7.98. The lowest BCUT2D eigenvalue weighted by molar-refractivity contribution is -0.129. The van der Waals surface area contributed by atoms with Crippen molar-refractivity contribution in [2.45, 2.75) is 38.7 Å². The number of aromatic nitrogens is 2. The number of nitrogens with zero attached hydrogens (tertiary/aromatic N) is 2. The Bertz CT molecular complexity index is 395. The van der Waals surface area contributed by atoms with Gasteiger partial charge in [-0.05, 0) is 18.4 Å². The lowest BCUT2D eigenvalue weighted by Crippen LogP contribution is -2.36. The predicted molar refractivity (Wildman–Crippen MR) is 74.1 cm³/mol. The van der Waals surface area contributed by atoms with Gasteiger partial charge >= 0.3 is 0 Å². The van der Waals surface area contributed by atoms with Gasteiger partial charge in [-0.2, -0.15) is 16.7 Å². The van der Waals surface area contributed by atoms with Crippen molar-refractivity contribution in [3.8, 4) is 0 Å². The molecule has 1 amide bonds. The molecule has 0 saturated carbocycles. The second-order valence-corrected chi connectivity index (χ2v) is 5.53. The highest BCUT2D eigenvalue weighted by Crippen LogP contribution is 2.10. The largest absolute Gasteiger partial charge is 0.383 e. The minimum atomic E-state index is -0.941. The Hall–Kier alpha value is -1.08. The van der Waals surface area contributed by atoms with Crippen LogP contribution in [0.5, 0.6) is 0 Å². The Kier molecular flexibility index (Phi) is 6.86. The maximum absolute atomic E-state index is 11.5. The van der Waals surface area contributed by atoms with Crippen molar-refractivity contribution in [2.24, 2.45) is 0 Å². The van der Waals surface area contributed by atoms with Crippen LogP contribution in [0.4, 0.5) is 0 Å². The van der Waals surface area contributed by atoms with E-state index < -0.39 is 6.10 Å². The molecule has 1 aromatic rings. The summed E-state index contributed by atoms with van der Waals surface area (Å²) in [7, 11) is 0. The monoisotopic (exact) mass is 287 g/mol. The molecule has 0 radical (unpaired) electrons. The molecule has 1 aromatic heterocycles. The molecular formula is C12H21N3O3S. The molecule has 2 N–H and O–H groups in total. The number of thioether (sulfide) groups is 1. The predicted octanol–water partition coefficient (Wildman–Crippen LogP) is 0.966. The second-order valence-electron chi connectivity index (χ2n) is 4.54. The summed E-state index contributed by atoms with van der Waals surface area (Å²) in [6.45, 7) is 4.34. The lowest BCUT2D eigenvalue weighted by atomic mass is 10.2. The SMILES string of the molecule is CSCCC(O)C(=O)NCCc1noc(C(C)C)n1. The number of aliphatic hydroxyl groups is 1. The molecule has 0 bridgehead atoms. The van der Waals surface area contributed by atoms with E-state index in [-0.39, 0.29) is 11.8 Å². The van der Waals surface area contributed by atoms with E-state index in [1.165, 1.54) is 0 Å². The van der Waals surface area contributed by atoms with Crippen LogP contribution in [0.15, 0.2) is 4.52 Å². The third kappa shape index (κ3) is 5.61. The molecule has 0 spiro atoms. The van der Waals surface area contributed by atoms with Crippen molar-refractivity contribution in [2.75, 3.05) is 18.6 Å². The van der Waals surface area contributed by atoms with E-state index >= 15 is 0 Å². The summed E-state index contributed by atoms with van der Waals surface area (Å²) in [5.74, 6) is 1.78. The van der Waals surface area contributed by atoms with Gasteiger partial charge in [0.25, 0.3) is 0 Å². The van der Waals surface area contributed by atoms with Gasteiger partial charge in [-0.25, -0.2) is 0 Å². The first-order chi connectivity index (χ1) is 9.04. The van der Waals surface area contributed by atoms with Gasteiger partial charge in [-0.3, -0.25) is 4.79 Å². The van der Waals surface area contributed by atoms with Gasteiger partial charge in [0, 0.05) is 18.9 Å². The number of hydrogen-bond donors (Lipinski definition) is 2. The van der Waals surface area contributed by atoms with Gasteiger partial charge in [-0.15, -0.1) is 0 Å². The van der Waals surface area contributed by atoms with Crippen LogP contribution in [0.3, 0.4) is 0 Å². The maximum Gasteiger partial charge on any atom is 0.248 e. The van der Waals surface area contributed by atoms with Crippen molar-refractivity contribution < 1.29 is 14.4 Å². The highest BCUT2D eigenvalue weighted by atomic mass is 32.2. The zero-order valence-corrected chi connectivity index (χ0v) is 12.4. The molecule has 0 aliphatic carbocycles. The Morgan fingerprint density at radius 2 is 2.26 bits per heavy atom. The summed E-state index contributed by atoms with van der Waals surface area (Å²) in [6.07, 6.45) is 1.96. The van der Waals surface area contributed by atoms with Gasteiger partial charge < -0.3 is 14.9 Å². The molecule has 0 aliphatic heterocycles. The summed E-state index contributed by atoms with van der Waals surface area (Å²) in [6, 6.07) is 0. The Balaban J connectivity index is 2.27. The number of hydrogen-bond acceptors (Lipinski definition) is 6. The number of amides is 1. The van der Waals surface area contributed by atoms with Crippen molar-refractivity contribution in [3.63, 3.8) is 0 Å². The minimum absolute atomic E-state index is 0.198. The molecule has 1 unspecified atom stereocenters. The molecular weight excluding hydrogens is 266 g/mol. The van der Waals surface area contributed by atoms with Crippen LogP contribution in [0, 0.1) is 0 Å². The molecule has 0 aliphatic rings. The quantitative estimate of drug-likeness (QED) is 0.740. The molecule has 6 nitrogen and oxygen atoms in total. The van der Waals surface area contributed by atoms with Crippen LogP contribution in [-0.4, -0.2) is 45.8 Å². The fourth-order valence-electron chi connectivity index (χ4n) is 1.38. The third-order valence-corrected chi connectivity index (χ3v) is 3.17. The minimum Gasteiger partial charge on any atom is -0.383 e. The van der Waals surface area contributed by atoms with E-state index in [1.807, 2.05) is 20.1 Å². The molecule has 1 atom stereocenters. The molecule has 0 aromatic carbocycles. The zero-order valence-electron chi connectivity index (χ0n) is 11.5. The zero-order chi connectivity index (χ0) is 14.3. The summed E-state index contributed by atoms with van der Waals surface area (Å²) in [5, 5.41) is 16.0. The van der Waals surface area contributed by atoms with Gasteiger partial charge in [-0.1, -0.05) is 19.0 Å². The van der Waals surface area contributed by atoms with Crippen LogP contribution in [0.25, 0.3) is 0 Å². The Morgan fingerprint density at radius 3 is 2.84 bits per heavy atom. The molecule has 0 fully saturated rings. The summed E-state index contributed by atoms with van der Waals surface area (Å²) < 4.78 is 5.06. The smallest absolute Gasteiger partial charge is 0.248 e. The van der Waals surface area contributed by atoms with Crippen molar-refractivity contribution >= 4 is 17.7 Å². The van der Waals surface area contributed by atoms with E-state index in [0.29, 0.717) is 31.1 Å². The van der Waals surface area contributed by atoms with Crippen molar-refractivity contribution in [1.29, 1.82) is 0 Å². The first-order valence-electron chi connectivity index (χ1n) is 6.31. The Labute approximate surface area is 117 Å². The van der Waals surface area contributed by atoms with E-state index in [1.54, 1.807) is 11.8 Å². The second kappa shape index (κ2) is 8.16. The maximum atomic E-state index is 11.5. The van der Waals surface area contributed by atoms with Crippen molar-refractivity contribution in [3.05, 3.63) is 11.7 Å². The van der Waals surface area contributed by atoms with E-state index in [2.05, 4.69) is 15.5 Å². The molecule has 7 heteroatoms. The van der Waals surface area contributed by atoms with Crippen LogP contribution < -0.4 is 5.32 Å². The third-order valence-electron chi connectivity index (χ3n) is 2.52. The van der Waals surface area contributed by atoms with Crippen LogP contribution in [-0.2, 0) is 11.2 Å². The van der Waals surface area contributed by atoms with Crippen LogP contribution in [0.1, 0.15) is 37.9 Å². The van der Waals surface area contributed by atoms with Gasteiger partial charge in [0.15, 0.2) is 5.82 Å². The van der Waals surface area contributed by atoms with E-state index in [0.717, 1.165) is 5.75 Å². The van der Waals surface area contributed by atoms with E-state index in [9.17, 15) is 9.90 Å². The van der Waals surface area contributed by atoms with Gasteiger partial charge in [0.05, 0.1) is 0 Å². The summed E-state index contributed by atoms with van der Waals surface area (Å²) in [4.78, 5) is 15.7. The first-order valence-corrected chi connectivity index (χ1v) is 7.71. The molecule has 19 heavy (non-hydrogen) atoms. The average Bonchev–Trinajstić information content (AvgIpc) is 2.84. The lowest BCUT2D eigenvalue weighted by Gasteiger charge is -2.09. The van der Waals surface area contributed by atoms with Crippen molar-refractivity contribution in [1.82, 2.24) is 15.5 Å². The van der Waals surface area contributed by atoms with Gasteiger partial charge in [0.1, 0.15) is 6.10 Å². The summed E-state index contributed by atoms with van der Waals surface area (Å²) in [5.41, 5.74) is 0. The van der Waals surface area contributed by atoms with Gasteiger partial charge in [0.2, 0.25) is 11.8 Å². The Morgan fingerprint density at radius 1 is 1.53 bits per heavy atom.